The number of aromatic nitrogens is 1. The molecule has 0 saturated heterocycles. The molecule has 2 rings (SSSR count). The minimum Gasteiger partial charge on any atom is -0.493 e. The Morgan fingerprint density at radius 1 is 1.05 bits per heavy atom. The van der Waals surface area contributed by atoms with E-state index in [4.69, 9.17) is 46.9 Å². The maximum atomic E-state index is 12.9. The van der Waals surface area contributed by atoms with Crippen LogP contribution < -0.4 is 19.5 Å². The van der Waals surface area contributed by atoms with E-state index < -0.39 is 42.9 Å². The van der Waals surface area contributed by atoms with E-state index in [1.807, 2.05) is 13.8 Å². The van der Waals surface area contributed by atoms with Crippen molar-refractivity contribution in [1.29, 1.82) is 0 Å². The van der Waals surface area contributed by atoms with Gasteiger partial charge >= 0.3 is 11.9 Å². The molecular weight excluding hydrogens is 527 g/mol. The molecule has 37 heavy (non-hydrogen) atoms. The van der Waals surface area contributed by atoms with Gasteiger partial charge in [0, 0.05) is 24.2 Å². The lowest BCUT2D eigenvalue weighted by molar-refractivity contribution is -0.158. The van der Waals surface area contributed by atoms with E-state index in [1.165, 1.54) is 33.2 Å². The van der Waals surface area contributed by atoms with Crippen molar-refractivity contribution in [2.45, 2.75) is 52.9 Å². The molecule has 0 fully saturated rings. The third-order valence-corrected chi connectivity index (χ3v) is 5.58. The number of carbonyl (C=O) groups is 3. The highest BCUT2D eigenvalue weighted by Gasteiger charge is 2.30. The van der Waals surface area contributed by atoms with Crippen LogP contribution in [0.1, 0.15) is 45.1 Å². The van der Waals surface area contributed by atoms with E-state index in [0.29, 0.717) is 15.8 Å². The number of hydrogen-bond donors (Lipinski definition) is 1. The second-order valence-electron chi connectivity index (χ2n) is 8.33. The van der Waals surface area contributed by atoms with Crippen LogP contribution in [-0.4, -0.2) is 55.0 Å². The maximum absolute atomic E-state index is 12.9. The van der Waals surface area contributed by atoms with Crippen LogP contribution in [0.15, 0.2) is 30.5 Å². The van der Waals surface area contributed by atoms with Crippen LogP contribution in [0.5, 0.6) is 17.2 Å². The van der Waals surface area contributed by atoms with E-state index in [9.17, 15) is 14.4 Å². The first-order chi connectivity index (χ1) is 17.4. The summed E-state index contributed by atoms with van der Waals surface area (Å²) < 4.78 is 27.0. The first-order valence-electron chi connectivity index (χ1n) is 11.4. The lowest BCUT2D eigenvalue weighted by atomic mass is 10.0. The van der Waals surface area contributed by atoms with Crippen LogP contribution in [-0.2, 0) is 19.1 Å². The summed E-state index contributed by atoms with van der Waals surface area (Å²) in [6.07, 6.45) is 0.119. The number of nitrogens with one attached hydrogen (secondary N) is 1. The summed E-state index contributed by atoms with van der Waals surface area (Å²) in [6.45, 7) is 7.72. The predicted molar refractivity (Wildman–Crippen MR) is 136 cm³/mol. The zero-order valence-corrected chi connectivity index (χ0v) is 22.9. The first-order valence-corrected chi connectivity index (χ1v) is 12.1. The van der Waals surface area contributed by atoms with Crippen LogP contribution in [0.25, 0.3) is 0 Å². The van der Waals surface area contributed by atoms with Gasteiger partial charge in [-0.1, -0.05) is 37.0 Å². The van der Waals surface area contributed by atoms with Gasteiger partial charge in [0.1, 0.15) is 24.0 Å². The molecule has 1 aromatic carbocycles. The third kappa shape index (κ3) is 8.68. The van der Waals surface area contributed by atoms with Gasteiger partial charge in [-0.15, -0.1) is 0 Å². The Balaban J connectivity index is 2.10. The van der Waals surface area contributed by atoms with Gasteiger partial charge in [0.2, 0.25) is 6.79 Å². The Hall–Kier alpha value is -3.24. The average molecular weight is 557 g/mol. The molecule has 1 heterocycles. The molecule has 202 valence electrons. The fourth-order valence-electron chi connectivity index (χ4n) is 3.24. The van der Waals surface area contributed by atoms with Crippen LogP contribution in [0.4, 0.5) is 0 Å². The SMILES string of the molecule is COc1ccnc(C(=O)N[C@@H](C)C(=O)OC(C(C)C)[C@H](C)Oc2ccc(Cl)cc2Cl)c1OCOC(C)=O. The van der Waals surface area contributed by atoms with Crippen LogP contribution in [0, 0.1) is 5.92 Å². The molecule has 1 unspecified atom stereocenters. The number of esters is 2. The number of ether oxygens (including phenoxy) is 5. The molecule has 1 aromatic heterocycles. The molecule has 1 amide bonds. The summed E-state index contributed by atoms with van der Waals surface area (Å²) in [4.78, 5) is 40.9. The number of nitrogens with zero attached hydrogens (tertiary/aromatic N) is 1. The van der Waals surface area contributed by atoms with E-state index in [0.717, 1.165) is 0 Å². The number of amides is 1. The minimum absolute atomic E-state index is 0.0498. The summed E-state index contributed by atoms with van der Waals surface area (Å²) in [5.74, 6) is -1.56. The monoisotopic (exact) mass is 556 g/mol. The molecule has 0 bridgehead atoms. The van der Waals surface area contributed by atoms with Gasteiger partial charge in [-0.3, -0.25) is 9.59 Å². The Bertz CT molecular complexity index is 1110. The summed E-state index contributed by atoms with van der Waals surface area (Å²) >= 11 is 12.1. The molecule has 3 atom stereocenters. The zero-order chi connectivity index (χ0) is 27.7. The first kappa shape index (κ1) is 30.0. The maximum Gasteiger partial charge on any atom is 0.328 e. The lowest BCUT2D eigenvalue weighted by Gasteiger charge is -2.29. The number of methoxy groups -OCH3 is 1. The zero-order valence-electron chi connectivity index (χ0n) is 21.4. The number of benzene rings is 1. The summed E-state index contributed by atoms with van der Waals surface area (Å²) in [7, 11) is 1.38. The van der Waals surface area contributed by atoms with E-state index in [-0.39, 0.29) is 23.1 Å². The molecular formula is C25H30Cl2N2O8. The predicted octanol–water partition coefficient (Wildman–Crippen LogP) is 4.45. The highest BCUT2D eigenvalue weighted by Crippen LogP contribution is 2.31. The number of pyridine rings is 1. The highest BCUT2D eigenvalue weighted by atomic mass is 35.5. The Labute approximate surface area is 225 Å². The second-order valence-corrected chi connectivity index (χ2v) is 9.17. The van der Waals surface area contributed by atoms with E-state index in [1.54, 1.807) is 25.1 Å². The molecule has 0 aliphatic rings. The summed E-state index contributed by atoms with van der Waals surface area (Å²) in [6, 6.07) is 5.25. The number of carbonyl (C=O) groups excluding carboxylic acids is 3. The van der Waals surface area contributed by atoms with Crippen molar-refractivity contribution in [3.05, 3.63) is 46.2 Å². The van der Waals surface area contributed by atoms with Gasteiger partial charge in [0.15, 0.2) is 17.2 Å². The van der Waals surface area contributed by atoms with E-state index in [2.05, 4.69) is 10.3 Å². The number of rotatable bonds is 12. The standard InChI is InChI=1S/C25H30Cl2N2O8/c1-13(2)22(15(4)36-19-8-7-17(26)11-18(19)27)37-25(32)14(3)29-24(31)21-23(35-12-34-16(5)30)20(33-6)9-10-28-21/h7-11,13-15,22H,12H2,1-6H3,(H,29,31)/t14-,15-,22?/m0/s1. The van der Waals surface area contributed by atoms with Crippen LogP contribution in [0.3, 0.4) is 0 Å². The van der Waals surface area contributed by atoms with Crippen molar-refractivity contribution >= 4 is 41.0 Å². The fourth-order valence-corrected chi connectivity index (χ4v) is 3.69. The largest absolute Gasteiger partial charge is 0.493 e. The molecule has 0 radical (unpaired) electrons. The van der Waals surface area contributed by atoms with Crippen molar-refractivity contribution in [1.82, 2.24) is 10.3 Å². The number of hydrogen-bond acceptors (Lipinski definition) is 9. The van der Waals surface area contributed by atoms with Gasteiger partial charge in [-0.05, 0) is 38.0 Å². The molecule has 0 aliphatic heterocycles. The Kier molecular flexibility index (Phi) is 11.3. The van der Waals surface area contributed by atoms with Gasteiger partial charge in [-0.2, -0.15) is 0 Å². The third-order valence-electron chi connectivity index (χ3n) is 5.05. The van der Waals surface area contributed by atoms with Crippen molar-refractivity contribution in [3.8, 4) is 17.2 Å². The second kappa shape index (κ2) is 13.9. The number of halogens is 2. The van der Waals surface area contributed by atoms with Gasteiger partial charge in [-0.25, -0.2) is 9.78 Å². The molecule has 12 heteroatoms. The molecule has 0 spiro atoms. The van der Waals surface area contributed by atoms with Gasteiger partial charge < -0.3 is 29.0 Å². The normalized spacial score (nSPS) is 13.2. The average Bonchev–Trinajstić information content (AvgIpc) is 2.83. The van der Waals surface area contributed by atoms with Crippen molar-refractivity contribution in [3.63, 3.8) is 0 Å². The van der Waals surface area contributed by atoms with Crippen molar-refractivity contribution < 1.29 is 38.1 Å². The molecule has 0 aliphatic carbocycles. The topological polar surface area (TPSA) is 122 Å². The van der Waals surface area contributed by atoms with Crippen molar-refractivity contribution in [2.24, 2.45) is 5.92 Å². The van der Waals surface area contributed by atoms with E-state index >= 15 is 0 Å². The Morgan fingerprint density at radius 2 is 1.76 bits per heavy atom. The summed E-state index contributed by atoms with van der Waals surface area (Å²) in [5, 5.41) is 3.33. The smallest absolute Gasteiger partial charge is 0.328 e. The summed E-state index contributed by atoms with van der Waals surface area (Å²) in [5.41, 5.74) is -0.166. The van der Waals surface area contributed by atoms with Gasteiger partial charge in [0.25, 0.3) is 5.91 Å². The fraction of sp³-hybridized carbons (Fsp3) is 0.440. The van der Waals surface area contributed by atoms with Crippen LogP contribution in [0.2, 0.25) is 10.0 Å². The quantitative estimate of drug-likeness (QED) is 0.298. The molecule has 0 saturated carbocycles. The molecule has 10 nitrogen and oxygen atoms in total. The Morgan fingerprint density at radius 3 is 2.35 bits per heavy atom. The van der Waals surface area contributed by atoms with Gasteiger partial charge in [0.05, 0.1) is 12.1 Å². The highest BCUT2D eigenvalue weighted by molar-refractivity contribution is 6.35. The van der Waals surface area contributed by atoms with Crippen LogP contribution >= 0.6 is 23.2 Å². The molecule has 2 aromatic rings. The lowest BCUT2D eigenvalue weighted by Crippen LogP contribution is -2.45. The van der Waals surface area contributed by atoms with Crippen molar-refractivity contribution in [2.75, 3.05) is 13.9 Å². The molecule has 1 N–H and O–H groups in total. The minimum atomic E-state index is -1.05.